The first kappa shape index (κ1) is 19.6. The average Bonchev–Trinajstić information content (AvgIpc) is 3.31. The zero-order valence-corrected chi connectivity index (χ0v) is 18.6. The van der Waals surface area contributed by atoms with E-state index in [1.54, 1.807) is 12.1 Å². The molecule has 1 aliphatic rings. The Morgan fingerprint density at radius 1 is 1.06 bits per heavy atom. The Balaban J connectivity index is 1.39. The molecule has 4 nitrogen and oxygen atoms in total. The SMILES string of the molecule is CCn1cc(C=C2Oc3cc(OCc4ccc(Br)cc4)ccc3C2=O)c2ccccc21. The van der Waals surface area contributed by atoms with E-state index in [1.165, 1.54) is 0 Å². The highest BCUT2D eigenvalue weighted by Crippen LogP contribution is 2.36. The lowest BCUT2D eigenvalue weighted by atomic mass is 10.1. The number of carbonyl (C=O) groups excluding carboxylic acids is 1. The lowest BCUT2D eigenvalue weighted by Gasteiger charge is -2.07. The number of ether oxygens (including phenoxy) is 2. The molecule has 31 heavy (non-hydrogen) atoms. The zero-order valence-electron chi connectivity index (χ0n) is 17.0. The molecule has 0 saturated heterocycles. The number of hydrogen-bond acceptors (Lipinski definition) is 3. The molecular weight excluding hydrogens is 454 g/mol. The normalized spacial score (nSPS) is 14.1. The van der Waals surface area contributed by atoms with Gasteiger partial charge in [0.15, 0.2) is 5.76 Å². The number of nitrogens with zero attached hydrogens (tertiary/aromatic N) is 1. The van der Waals surface area contributed by atoms with E-state index in [0.717, 1.165) is 33.0 Å². The molecule has 0 amide bonds. The minimum Gasteiger partial charge on any atom is -0.489 e. The van der Waals surface area contributed by atoms with Gasteiger partial charge in [0.25, 0.3) is 0 Å². The van der Waals surface area contributed by atoms with Crippen LogP contribution in [0.4, 0.5) is 0 Å². The van der Waals surface area contributed by atoms with Gasteiger partial charge in [-0.2, -0.15) is 0 Å². The first-order valence-corrected chi connectivity index (χ1v) is 10.9. The third-order valence-corrected chi connectivity index (χ3v) is 5.94. The maximum atomic E-state index is 12.9. The molecule has 154 valence electrons. The monoisotopic (exact) mass is 473 g/mol. The number of fused-ring (bicyclic) bond motifs is 2. The molecule has 1 aliphatic heterocycles. The number of allylic oxidation sites excluding steroid dienone is 1. The Morgan fingerprint density at radius 3 is 2.68 bits per heavy atom. The van der Waals surface area contributed by atoms with Gasteiger partial charge in [0.1, 0.15) is 18.1 Å². The number of carbonyl (C=O) groups is 1. The largest absolute Gasteiger partial charge is 0.489 e. The van der Waals surface area contributed by atoms with Gasteiger partial charge in [0.2, 0.25) is 5.78 Å². The van der Waals surface area contributed by atoms with Crippen LogP contribution in [0.3, 0.4) is 0 Å². The van der Waals surface area contributed by atoms with Crippen LogP contribution in [-0.4, -0.2) is 10.4 Å². The number of para-hydroxylation sites is 1. The summed E-state index contributed by atoms with van der Waals surface area (Å²) in [5, 5.41) is 1.10. The van der Waals surface area contributed by atoms with Gasteiger partial charge in [-0.15, -0.1) is 0 Å². The van der Waals surface area contributed by atoms with Gasteiger partial charge >= 0.3 is 0 Å². The average molecular weight is 474 g/mol. The summed E-state index contributed by atoms with van der Waals surface area (Å²) in [5.74, 6) is 1.42. The Morgan fingerprint density at radius 2 is 1.87 bits per heavy atom. The summed E-state index contributed by atoms with van der Waals surface area (Å²) >= 11 is 3.43. The number of hydrogen-bond donors (Lipinski definition) is 0. The molecule has 0 unspecified atom stereocenters. The van der Waals surface area contributed by atoms with Crippen LogP contribution in [0.1, 0.15) is 28.4 Å². The Hall–Kier alpha value is -3.31. The number of aromatic nitrogens is 1. The summed E-state index contributed by atoms with van der Waals surface area (Å²) in [6.07, 6.45) is 3.89. The van der Waals surface area contributed by atoms with Crippen molar-refractivity contribution in [1.29, 1.82) is 0 Å². The maximum Gasteiger partial charge on any atom is 0.231 e. The number of ketones is 1. The fourth-order valence-corrected chi connectivity index (χ4v) is 4.06. The maximum absolute atomic E-state index is 12.9. The second-order valence-electron chi connectivity index (χ2n) is 7.40. The number of rotatable bonds is 5. The van der Waals surface area contributed by atoms with Crippen molar-refractivity contribution in [2.75, 3.05) is 0 Å². The summed E-state index contributed by atoms with van der Waals surface area (Å²) in [6, 6.07) is 21.5. The minimum absolute atomic E-state index is 0.109. The molecule has 0 aliphatic carbocycles. The van der Waals surface area contributed by atoms with E-state index in [1.807, 2.05) is 48.5 Å². The number of Topliss-reactive ketones (excluding diaryl/α,β-unsaturated/α-hetero) is 1. The first-order valence-electron chi connectivity index (χ1n) is 10.2. The quantitative estimate of drug-likeness (QED) is 0.305. The van der Waals surface area contributed by atoms with Crippen LogP contribution in [0.15, 0.2) is 83.2 Å². The molecule has 0 spiro atoms. The lowest BCUT2D eigenvalue weighted by Crippen LogP contribution is -1.98. The lowest BCUT2D eigenvalue weighted by molar-refractivity contribution is 0.101. The molecule has 3 aromatic carbocycles. The standard InChI is InChI=1S/C26H20BrNO3/c1-2-28-15-18(21-5-3-4-6-23(21)28)13-25-26(29)22-12-11-20(14-24(22)31-25)30-16-17-7-9-19(27)10-8-17/h3-15H,2,16H2,1H3. The number of halogens is 1. The van der Waals surface area contributed by atoms with Crippen molar-refractivity contribution in [2.24, 2.45) is 0 Å². The zero-order chi connectivity index (χ0) is 21.4. The summed E-state index contributed by atoms with van der Waals surface area (Å²) in [4.78, 5) is 12.9. The van der Waals surface area contributed by atoms with E-state index < -0.39 is 0 Å². The van der Waals surface area contributed by atoms with E-state index in [2.05, 4.69) is 45.8 Å². The Bertz CT molecular complexity index is 1320. The van der Waals surface area contributed by atoms with Gasteiger partial charge < -0.3 is 14.0 Å². The van der Waals surface area contributed by atoms with Gasteiger partial charge in [-0.1, -0.05) is 46.3 Å². The number of benzene rings is 3. The smallest absolute Gasteiger partial charge is 0.231 e. The third-order valence-electron chi connectivity index (χ3n) is 5.41. The molecule has 5 heteroatoms. The predicted octanol–water partition coefficient (Wildman–Crippen LogP) is 6.62. The van der Waals surface area contributed by atoms with Crippen LogP contribution in [0, 0.1) is 0 Å². The first-order chi connectivity index (χ1) is 15.1. The van der Waals surface area contributed by atoms with Crippen LogP contribution in [0.2, 0.25) is 0 Å². The van der Waals surface area contributed by atoms with Gasteiger partial charge in [-0.25, -0.2) is 0 Å². The second-order valence-corrected chi connectivity index (χ2v) is 8.32. The molecule has 4 aromatic rings. The Labute approximate surface area is 188 Å². The van der Waals surface area contributed by atoms with Gasteiger partial charge in [-0.3, -0.25) is 4.79 Å². The van der Waals surface area contributed by atoms with Gasteiger partial charge in [0, 0.05) is 39.7 Å². The van der Waals surface area contributed by atoms with Crippen molar-refractivity contribution < 1.29 is 14.3 Å². The molecule has 0 saturated carbocycles. The predicted molar refractivity (Wildman–Crippen MR) is 125 cm³/mol. The van der Waals surface area contributed by atoms with Crippen LogP contribution in [0.25, 0.3) is 17.0 Å². The number of aryl methyl sites for hydroxylation is 1. The molecule has 0 radical (unpaired) electrons. The highest BCUT2D eigenvalue weighted by molar-refractivity contribution is 9.10. The fourth-order valence-electron chi connectivity index (χ4n) is 3.80. The summed E-state index contributed by atoms with van der Waals surface area (Å²) in [6.45, 7) is 3.41. The molecule has 1 aromatic heterocycles. The summed E-state index contributed by atoms with van der Waals surface area (Å²) < 4.78 is 15.0. The molecule has 5 rings (SSSR count). The van der Waals surface area contributed by atoms with Gasteiger partial charge in [-0.05, 0) is 48.9 Å². The van der Waals surface area contributed by atoms with Gasteiger partial charge in [0.05, 0.1) is 5.56 Å². The molecule has 0 N–H and O–H groups in total. The van der Waals surface area contributed by atoms with E-state index in [0.29, 0.717) is 29.4 Å². The Kier molecular flexibility index (Phi) is 5.12. The molecule has 2 heterocycles. The van der Waals surface area contributed by atoms with Crippen LogP contribution in [0.5, 0.6) is 11.5 Å². The molecular formula is C26H20BrNO3. The van der Waals surface area contributed by atoms with E-state index in [9.17, 15) is 4.79 Å². The van der Waals surface area contributed by atoms with Crippen molar-refractivity contribution in [2.45, 2.75) is 20.1 Å². The van der Waals surface area contributed by atoms with Crippen molar-refractivity contribution in [1.82, 2.24) is 4.57 Å². The molecule has 0 fully saturated rings. The third kappa shape index (κ3) is 3.77. The fraction of sp³-hybridized carbons (Fsp3) is 0.115. The van der Waals surface area contributed by atoms with E-state index in [-0.39, 0.29) is 5.78 Å². The summed E-state index contributed by atoms with van der Waals surface area (Å²) in [7, 11) is 0. The molecule has 0 atom stereocenters. The van der Waals surface area contributed by atoms with Crippen molar-refractivity contribution >= 4 is 38.7 Å². The summed E-state index contributed by atoms with van der Waals surface area (Å²) in [5.41, 5.74) is 3.74. The van der Waals surface area contributed by atoms with E-state index in [4.69, 9.17) is 9.47 Å². The van der Waals surface area contributed by atoms with Crippen molar-refractivity contribution in [3.63, 3.8) is 0 Å². The minimum atomic E-state index is -0.109. The topological polar surface area (TPSA) is 40.5 Å². The van der Waals surface area contributed by atoms with Crippen LogP contribution in [-0.2, 0) is 13.2 Å². The van der Waals surface area contributed by atoms with E-state index >= 15 is 0 Å². The van der Waals surface area contributed by atoms with Crippen molar-refractivity contribution in [3.05, 3.63) is 99.8 Å². The van der Waals surface area contributed by atoms with Crippen molar-refractivity contribution in [3.8, 4) is 11.5 Å². The second kappa shape index (κ2) is 8.08. The van der Waals surface area contributed by atoms with Crippen LogP contribution < -0.4 is 9.47 Å². The van der Waals surface area contributed by atoms with Crippen LogP contribution >= 0.6 is 15.9 Å². The highest BCUT2D eigenvalue weighted by Gasteiger charge is 2.28. The highest BCUT2D eigenvalue weighted by atomic mass is 79.9. The molecule has 0 bridgehead atoms.